The summed E-state index contributed by atoms with van der Waals surface area (Å²) in [5.41, 5.74) is 2.08. The van der Waals surface area contributed by atoms with Crippen LogP contribution >= 0.6 is 0 Å². The lowest BCUT2D eigenvalue weighted by Gasteiger charge is -2.00. The maximum absolute atomic E-state index is 13.1. The van der Waals surface area contributed by atoms with Crippen molar-refractivity contribution in [3.63, 3.8) is 0 Å². The maximum Gasteiger partial charge on any atom is 0.153 e. The second-order valence-electron chi connectivity index (χ2n) is 4.29. The van der Waals surface area contributed by atoms with Gasteiger partial charge in [-0.1, -0.05) is 6.07 Å². The summed E-state index contributed by atoms with van der Waals surface area (Å²) in [7, 11) is 0. The largest absolute Gasteiger partial charge is 0.298 e. The molecule has 0 bridgehead atoms. The lowest BCUT2D eigenvalue weighted by atomic mass is 10.2. The van der Waals surface area contributed by atoms with Gasteiger partial charge in [0.05, 0.1) is 16.9 Å². The number of halogens is 1. The Labute approximate surface area is 97.9 Å². The highest BCUT2D eigenvalue weighted by atomic mass is 19.1. The van der Waals surface area contributed by atoms with E-state index in [4.69, 9.17) is 0 Å². The Morgan fingerprint density at radius 1 is 1.41 bits per heavy atom. The van der Waals surface area contributed by atoms with Gasteiger partial charge in [-0.3, -0.25) is 4.79 Å². The van der Waals surface area contributed by atoms with Gasteiger partial charge in [0.2, 0.25) is 0 Å². The average Bonchev–Trinajstić information content (AvgIpc) is 3.08. The molecular formula is C13H11FN2O. The summed E-state index contributed by atoms with van der Waals surface area (Å²) in [6.07, 6.45) is 4.65. The van der Waals surface area contributed by atoms with Crippen LogP contribution in [0.1, 0.15) is 34.8 Å². The molecule has 2 aromatic rings. The number of aldehydes is 1. The zero-order valence-electron chi connectivity index (χ0n) is 9.14. The Morgan fingerprint density at radius 2 is 2.24 bits per heavy atom. The molecular weight excluding hydrogens is 219 g/mol. The Hall–Kier alpha value is -1.97. The van der Waals surface area contributed by atoms with Gasteiger partial charge in [-0.25, -0.2) is 9.07 Å². The predicted octanol–water partition coefficient (Wildman–Crippen LogP) is 2.70. The molecule has 0 aliphatic heterocycles. The van der Waals surface area contributed by atoms with E-state index in [2.05, 4.69) is 5.10 Å². The Morgan fingerprint density at radius 3 is 2.88 bits per heavy atom. The van der Waals surface area contributed by atoms with Crippen LogP contribution in [0.4, 0.5) is 4.39 Å². The van der Waals surface area contributed by atoms with Gasteiger partial charge in [0.1, 0.15) is 5.82 Å². The van der Waals surface area contributed by atoms with E-state index in [-0.39, 0.29) is 5.82 Å². The van der Waals surface area contributed by atoms with Crippen molar-refractivity contribution >= 4 is 6.29 Å². The number of nitrogens with zero attached hydrogens (tertiary/aromatic N) is 2. The number of aromatic nitrogens is 2. The van der Waals surface area contributed by atoms with Crippen LogP contribution in [0.3, 0.4) is 0 Å². The SMILES string of the molecule is O=Cc1cn(-c2cccc(F)c2)nc1C1CC1. The first kappa shape index (κ1) is 10.2. The molecule has 0 amide bonds. The van der Waals surface area contributed by atoms with Crippen molar-refractivity contribution in [2.24, 2.45) is 0 Å². The summed E-state index contributed by atoms with van der Waals surface area (Å²) in [5.74, 6) is 0.101. The maximum atomic E-state index is 13.1. The summed E-state index contributed by atoms with van der Waals surface area (Å²) in [6.45, 7) is 0. The standard InChI is InChI=1S/C13H11FN2O/c14-11-2-1-3-12(6-11)16-7-10(8-17)13(15-16)9-4-5-9/h1-3,6-9H,4-5H2. The number of carbonyl (C=O) groups excluding carboxylic acids is 1. The monoisotopic (exact) mass is 230 g/mol. The molecule has 0 spiro atoms. The molecule has 0 atom stereocenters. The van der Waals surface area contributed by atoms with Crippen molar-refractivity contribution in [3.8, 4) is 5.69 Å². The fraction of sp³-hybridized carbons (Fsp3) is 0.231. The number of carbonyl (C=O) groups is 1. The summed E-state index contributed by atoms with van der Waals surface area (Å²) in [5, 5.41) is 4.37. The molecule has 1 aromatic carbocycles. The number of hydrogen-bond acceptors (Lipinski definition) is 2. The van der Waals surface area contributed by atoms with Crippen LogP contribution in [-0.2, 0) is 0 Å². The van der Waals surface area contributed by atoms with Gasteiger partial charge in [-0.2, -0.15) is 5.10 Å². The summed E-state index contributed by atoms with van der Waals surface area (Å²) in [6, 6.07) is 6.18. The minimum absolute atomic E-state index is 0.307. The fourth-order valence-corrected chi connectivity index (χ4v) is 1.92. The number of rotatable bonds is 3. The van der Waals surface area contributed by atoms with E-state index in [1.54, 1.807) is 23.0 Å². The minimum atomic E-state index is -0.307. The van der Waals surface area contributed by atoms with Gasteiger partial charge >= 0.3 is 0 Å². The van der Waals surface area contributed by atoms with Gasteiger partial charge < -0.3 is 0 Å². The fourth-order valence-electron chi connectivity index (χ4n) is 1.92. The van der Waals surface area contributed by atoms with Crippen molar-refractivity contribution in [2.75, 3.05) is 0 Å². The van der Waals surface area contributed by atoms with E-state index < -0.39 is 0 Å². The zero-order chi connectivity index (χ0) is 11.8. The smallest absolute Gasteiger partial charge is 0.153 e. The summed E-state index contributed by atoms with van der Waals surface area (Å²) >= 11 is 0. The highest BCUT2D eigenvalue weighted by Crippen LogP contribution is 2.40. The van der Waals surface area contributed by atoms with Crippen LogP contribution in [0, 0.1) is 5.82 Å². The van der Waals surface area contributed by atoms with E-state index in [9.17, 15) is 9.18 Å². The average molecular weight is 230 g/mol. The highest BCUT2D eigenvalue weighted by molar-refractivity contribution is 5.76. The first-order valence-electron chi connectivity index (χ1n) is 5.58. The molecule has 86 valence electrons. The van der Waals surface area contributed by atoms with E-state index >= 15 is 0 Å². The molecule has 4 heteroatoms. The predicted molar refractivity (Wildman–Crippen MR) is 60.9 cm³/mol. The van der Waals surface area contributed by atoms with E-state index in [0.29, 0.717) is 17.2 Å². The van der Waals surface area contributed by atoms with E-state index in [1.165, 1.54) is 12.1 Å². The molecule has 1 aliphatic carbocycles. The molecule has 0 saturated heterocycles. The van der Waals surface area contributed by atoms with Crippen molar-refractivity contribution in [2.45, 2.75) is 18.8 Å². The van der Waals surface area contributed by atoms with Gasteiger partial charge in [0.15, 0.2) is 6.29 Å². The molecule has 3 rings (SSSR count). The summed E-state index contributed by atoms with van der Waals surface area (Å²) in [4.78, 5) is 10.9. The first-order chi connectivity index (χ1) is 8.28. The summed E-state index contributed by atoms with van der Waals surface area (Å²) < 4.78 is 14.7. The van der Waals surface area contributed by atoms with Crippen molar-refractivity contribution in [3.05, 3.63) is 47.5 Å². The van der Waals surface area contributed by atoms with Gasteiger partial charge in [-0.15, -0.1) is 0 Å². The van der Waals surface area contributed by atoms with Crippen LogP contribution in [0.5, 0.6) is 0 Å². The molecule has 17 heavy (non-hydrogen) atoms. The highest BCUT2D eigenvalue weighted by Gasteiger charge is 2.29. The van der Waals surface area contributed by atoms with Crippen molar-refractivity contribution < 1.29 is 9.18 Å². The molecule has 1 aromatic heterocycles. The molecule has 0 radical (unpaired) electrons. The first-order valence-corrected chi connectivity index (χ1v) is 5.58. The van der Waals surface area contributed by atoms with Crippen LogP contribution in [0.15, 0.2) is 30.5 Å². The van der Waals surface area contributed by atoms with Gasteiger partial charge in [0, 0.05) is 12.1 Å². The molecule has 1 aliphatic rings. The topological polar surface area (TPSA) is 34.9 Å². The second kappa shape index (κ2) is 3.80. The normalized spacial score (nSPS) is 14.9. The van der Waals surface area contributed by atoms with Gasteiger partial charge in [-0.05, 0) is 31.0 Å². The van der Waals surface area contributed by atoms with E-state index in [0.717, 1.165) is 24.8 Å². The molecule has 0 unspecified atom stereocenters. The molecule has 1 saturated carbocycles. The van der Waals surface area contributed by atoms with Crippen molar-refractivity contribution in [1.29, 1.82) is 0 Å². The third-order valence-corrected chi connectivity index (χ3v) is 2.94. The molecule has 0 N–H and O–H groups in total. The zero-order valence-corrected chi connectivity index (χ0v) is 9.14. The lowest BCUT2D eigenvalue weighted by Crippen LogP contribution is -1.96. The van der Waals surface area contributed by atoms with Crippen LogP contribution in [0.2, 0.25) is 0 Å². The van der Waals surface area contributed by atoms with E-state index in [1.807, 2.05) is 0 Å². The quantitative estimate of drug-likeness (QED) is 0.760. The molecule has 3 nitrogen and oxygen atoms in total. The van der Waals surface area contributed by atoms with Crippen molar-refractivity contribution in [1.82, 2.24) is 9.78 Å². The molecule has 1 fully saturated rings. The van der Waals surface area contributed by atoms with Crippen LogP contribution in [0.25, 0.3) is 5.69 Å². The Balaban J connectivity index is 2.06. The number of hydrogen-bond donors (Lipinski definition) is 0. The van der Waals surface area contributed by atoms with Crippen LogP contribution < -0.4 is 0 Å². The third-order valence-electron chi connectivity index (χ3n) is 2.94. The lowest BCUT2D eigenvalue weighted by molar-refractivity contribution is 0.112. The third kappa shape index (κ3) is 1.86. The van der Waals surface area contributed by atoms with Crippen LogP contribution in [-0.4, -0.2) is 16.1 Å². The second-order valence-corrected chi connectivity index (χ2v) is 4.29. The molecule has 1 heterocycles. The minimum Gasteiger partial charge on any atom is -0.298 e. The number of benzene rings is 1. The van der Waals surface area contributed by atoms with Gasteiger partial charge in [0.25, 0.3) is 0 Å². The Kier molecular flexibility index (Phi) is 2.28. The Bertz CT molecular complexity index is 573.